The van der Waals surface area contributed by atoms with Gasteiger partial charge in [0.1, 0.15) is 35.9 Å². The van der Waals surface area contributed by atoms with Gasteiger partial charge in [0.05, 0.1) is 13.2 Å². The number of methoxy groups -OCH3 is 1. The SMILES string of the molecule is COc1ccc(-c2c(-c3ccccc3)oc3ncnc(O[C@H]4CCC[C@@H](OCC(=O)O)C4)c23)cc1. The maximum Gasteiger partial charge on any atom is 0.329 e. The number of aliphatic carboxylic acids is 1. The number of carboxylic acid groups (broad SMARTS) is 1. The quantitative estimate of drug-likeness (QED) is 0.364. The van der Waals surface area contributed by atoms with E-state index in [-0.39, 0.29) is 18.8 Å². The average Bonchev–Trinajstić information content (AvgIpc) is 3.29. The summed E-state index contributed by atoms with van der Waals surface area (Å²) in [6, 6.07) is 17.6. The van der Waals surface area contributed by atoms with E-state index in [1.165, 1.54) is 6.33 Å². The minimum atomic E-state index is -0.971. The van der Waals surface area contributed by atoms with E-state index in [1.54, 1.807) is 7.11 Å². The van der Waals surface area contributed by atoms with Gasteiger partial charge in [-0.15, -0.1) is 0 Å². The van der Waals surface area contributed by atoms with E-state index in [9.17, 15) is 4.79 Å². The summed E-state index contributed by atoms with van der Waals surface area (Å²) in [5, 5.41) is 9.64. The average molecular weight is 475 g/mol. The Balaban J connectivity index is 1.55. The van der Waals surface area contributed by atoms with Crippen LogP contribution in [0.2, 0.25) is 0 Å². The summed E-state index contributed by atoms with van der Waals surface area (Å²) in [5.74, 6) is 0.907. The van der Waals surface area contributed by atoms with E-state index in [1.807, 2.05) is 54.6 Å². The molecule has 2 aromatic heterocycles. The van der Waals surface area contributed by atoms with Gasteiger partial charge in [-0.3, -0.25) is 0 Å². The predicted molar refractivity (Wildman–Crippen MR) is 129 cm³/mol. The first-order chi connectivity index (χ1) is 17.1. The van der Waals surface area contributed by atoms with Gasteiger partial charge in [-0.1, -0.05) is 42.5 Å². The molecule has 0 spiro atoms. The van der Waals surface area contributed by atoms with E-state index in [0.717, 1.165) is 41.7 Å². The zero-order valence-electron chi connectivity index (χ0n) is 19.3. The van der Waals surface area contributed by atoms with Crippen LogP contribution in [0.4, 0.5) is 0 Å². The minimum absolute atomic E-state index is 0.153. The minimum Gasteiger partial charge on any atom is -0.497 e. The molecular weight excluding hydrogens is 448 g/mol. The molecule has 5 rings (SSSR count). The number of hydrogen-bond donors (Lipinski definition) is 1. The number of carbonyl (C=O) groups is 1. The summed E-state index contributed by atoms with van der Waals surface area (Å²) < 4.78 is 23.5. The molecule has 180 valence electrons. The molecule has 1 aliphatic rings. The van der Waals surface area contributed by atoms with Crippen molar-refractivity contribution in [2.45, 2.75) is 37.9 Å². The smallest absolute Gasteiger partial charge is 0.329 e. The first kappa shape index (κ1) is 22.9. The number of rotatable bonds is 8. The molecule has 8 nitrogen and oxygen atoms in total. The Morgan fingerprint density at radius 3 is 2.54 bits per heavy atom. The van der Waals surface area contributed by atoms with Gasteiger partial charge >= 0.3 is 5.97 Å². The highest BCUT2D eigenvalue weighted by molar-refractivity contribution is 6.03. The van der Waals surface area contributed by atoms with Crippen molar-refractivity contribution in [3.63, 3.8) is 0 Å². The molecule has 0 saturated heterocycles. The largest absolute Gasteiger partial charge is 0.497 e. The monoisotopic (exact) mass is 474 g/mol. The van der Waals surface area contributed by atoms with Gasteiger partial charge in [0.2, 0.25) is 11.6 Å². The molecule has 4 aromatic rings. The number of fused-ring (bicyclic) bond motifs is 1. The summed E-state index contributed by atoms with van der Waals surface area (Å²) in [4.78, 5) is 19.8. The second-order valence-corrected chi connectivity index (χ2v) is 8.49. The summed E-state index contributed by atoms with van der Waals surface area (Å²) in [5.41, 5.74) is 3.13. The summed E-state index contributed by atoms with van der Waals surface area (Å²) in [6.07, 6.45) is 4.25. The Morgan fingerprint density at radius 1 is 1.03 bits per heavy atom. The van der Waals surface area contributed by atoms with Crippen molar-refractivity contribution in [2.24, 2.45) is 0 Å². The summed E-state index contributed by atoms with van der Waals surface area (Å²) >= 11 is 0. The molecule has 2 heterocycles. The molecule has 2 aromatic carbocycles. The van der Waals surface area contributed by atoms with Crippen molar-refractivity contribution < 1.29 is 28.5 Å². The molecule has 0 radical (unpaired) electrons. The second kappa shape index (κ2) is 10.1. The summed E-state index contributed by atoms with van der Waals surface area (Å²) in [7, 11) is 1.63. The fourth-order valence-corrected chi connectivity index (χ4v) is 4.53. The molecule has 2 atom stereocenters. The maximum absolute atomic E-state index is 10.9. The molecule has 1 N–H and O–H groups in total. The summed E-state index contributed by atoms with van der Waals surface area (Å²) in [6.45, 7) is -0.307. The number of benzene rings is 2. The number of carboxylic acids is 1. The van der Waals surface area contributed by atoms with Crippen molar-refractivity contribution in [2.75, 3.05) is 13.7 Å². The number of ether oxygens (including phenoxy) is 3. The van der Waals surface area contributed by atoms with Crippen LogP contribution in [0.5, 0.6) is 11.6 Å². The lowest BCUT2D eigenvalue weighted by atomic mass is 9.94. The molecule has 1 aliphatic carbocycles. The molecule has 0 bridgehead atoms. The maximum atomic E-state index is 10.9. The van der Waals surface area contributed by atoms with Crippen molar-refractivity contribution in [1.82, 2.24) is 9.97 Å². The van der Waals surface area contributed by atoms with E-state index >= 15 is 0 Å². The standard InChI is InChI=1S/C27H26N2O6/c1-32-19-12-10-17(11-13-19)23-24-26(34-21-9-5-8-20(14-21)33-15-22(30)31)28-16-29-27(24)35-25(23)18-6-3-2-4-7-18/h2-4,6-7,10-13,16,20-21H,5,8-9,14-15H2,1H3,(H,30,31)/t20-,21+/m1/s1. The normalized spacial score (nSPS) is 17.9. The van der Waals surface area contributed by atoms with Crippen molar-refractivity contribution in [3.8, 4) is 34.1 Å². The Hall–Kier alpha value is -3.91. The van der Waals surface area contributed by atoms with Gasteiger partial charge in [0, 0.05) is 17.5 Å². The van der Waals surface area contributed by atoms with E-state index in [2.05, 4.69) is 9.97 Å². The third-order valence-electron chi connectivity index (χ3n) is 6.17. The molecular formula is C27H26N2O6. The van der Waals surface area contributed by atoms with Crippen molar-refractivity contribution in [3.05, 3.63) is 60.9 Å². The Kier molecular flexibility index (Phi) is 6.63. The van der Waals surface area contributed by atoms with Gasteiger partial charge in [-0.25, -0.2) is 14.8 Å². The molecule has 1 fully saturated rings. The third kappa shape index (κ3) is 4.97. The fourth-order valence-electron chi connectivity index (χ4n) is 4.53. The molecule has 35 heavy (non-hydrogen) atoms. The van der Waals surface area contributed by atoms with Crippen LogP contribution >= 0.6 is 0 Å². The second-order valence-electron chi connectivity index (χ2n) is 8.49. The van der Waals surface area contributed by atoms with Gasteiger partial charge in [-0.05, 0) is 37.0 Å². The van der Waals surface area contributed by atoms with Crippen molar-refractivity contribution >= 4 is 17.1 Å². The van der Waals surface area contributed by atoms with E-state index in [0.29, 0.717) is 29.2 Å². The Bertz CT molecular complexity index is 1300. The zero-order chi connectivity index (χ0) is 24.2. The third-order valence-corrected chi connectivity index (χ3v) is 6.17. The van der Waals surface area contributed by atoms with Crippen molar-refractivity contribution in [1.29, 1.82) is 0 Å². The number of nitrogens with zero attached hydrogens (tertiary/aromatic N) is 2. The van der Waals surface area contributed by atoms with Crippen LogP contribution in [-0.4, -0.2) is 47.0 Å². The molecule has 8 heteroatoms. The van der Waals surface area contributed by atoms with Crippen LogP contribution in [0.3, 0.4) is 0 Å². The predicted octanol–water partition coefficient (Wildman–Crippen LogP) is 5.36. The highest BCUT2D eigenvalue weighted by Gasteiger charge is 2.28. The van der Waals surface area contributed by atoms with Gasteiger partial charge < -0.3 is 23.7 Å². The number of furan rings is 1. The van der Waals surface area contributed by atoms with Crippen LogP contribution in [0.15, 0.2) is 65.3 Å². The van der Waals surface area contributed by atoms with Crippen LogP contribution < -0.4 is 9.47 Å². The first-order valence-electron chi connectivity index (χ1n) is 11.6. The zero-order valence-corrected chi connectivity index (χ0v) is 19.3. The molecule has 1 saturated carbocycles. The van der Waals surface area contributed by atoms with Gasteiger partial charge in [0.15, 0.2) is 0 Å². The van der Waals surface area contributed by atoms with Gasteiger partial charge in [-0.2, -0.15) is 0 Å². The van der Waals surface area contributed by atoms with E-state index < -0.39 is 5.97 Å². The van der Waals surface area contributed by atoms with Crippen LogP contribution in [0.25, 0.3) is 33.6 Å². The highest BCUT2D eigenvalue weighted by Crippen LogP contribution is 2.44. The lowest BCUT2D eigenvalue weighted by molar-refractivity contribution is -0.145. The lowest BCUT2D eigenvalue weighted by Crippen LogP contribution is -2.31. The first-order valence-corrected chi connectivity index (χ1v) is 11.6. The highest BCUT2D eigenvalue weighted by atomic mass is 16.5. The van der Waals surface area contributed by atoms with Crippen LogP contribution in [0, 0.1) is 0 Å². The molecule has 0 unspecified atom stereocenters. The number of hydrogen-bond acceptors (Lipinski definition) is 7. The number of aromatic nitrogens is 2. The lowest BCUT2D eigenvalue weighted by Gasteiger charge is -2.29. The fraction of sp³-hybridized carbons (Fsp3) is 0.296. The van der Waals surface area contributed by atoms with Crippen LogP contribution in [0.1, 0.15) is 25.7 Å². The van der Waals surface area contributed by atoms with Crippen LogP contribution in [-0.2, 0) is 9.53 Å². The topological polar surface area (TPSA) is 104 Å². The van der Waals surface area contributed by atoms with E-state index in [4.69, 9.17) is 23.7 Å². The Morgan fingerprint density at radius 2 is 1.80 bits per heavy atom. The molecule has 0 amide bonds. The molecule has 0 aliphatic heterocycles. The Labute approximate surface area is 202 Å². The van der Waals surface area contributed by atoms with Gasteiger partial charge in [0.25, 0.3) is 0 Å².